The number of nitrogens with zero attached hydrogens (tertiary/aromatic N) is 5. The van der Waals surface area contributed by atoms with Crippen molar-refractivity contribution >= 4 is 46.3 Å². The minimum Gasteiger partial charge on any atom is -0.474 e. The van der Waals surface area contributed by atoms with Crippen LogP contribution >= 0.6 is 0 Å². The van der Waals surface area contributed by atoms with Crippen molar-refractivity contribution in [1.82, 2.24) is 25.0 Å². The van der Waals surface area contributed by atoms with Crippen LogP contribution in [0, 0.1) is 5.82 Å². The molecule has 41 heavy (non-hydrogen) atoms. The smallest absolute Gasteiger partial charge is 0.244 e. The Labute approximate surface area is 236 Å². The second-order valence-corrected chi connectivity index (χ2v) is 10.5. The number of fused-ring (bicyclic) bond motifs is 2. The number of hydrogen-bond donors (Lipinski definition) is 3. The van der Waals surface area contributed by atoms with Crippen molar-refractivity contribution in [2.75, 3.05) is 44.0 Å². The number of nitrogen functional groups attached to an aromatic ring is 1. The molecule has 1 aromatic carbocycles. The summed E-state index contributed by atoms with van der Waals surface area (Å²) in [6.07, 6.45) is 3.12. The Kier molecular flexibility index (Phi) is 7.08. The Morgan fingerprint density at radius 1 is 1.24 bits per heavy atom. The number of pyridine rings is 1. The molecule has 214 valence electrons. The number of halogens is 1. The molecule has 2 aromatic heterocycles. The molecule has 3 aliphatic heterocycles. The molecule has 3 aliphatic rings. The van der Waals surface area contributed by atoms with E-state index in [1.54, 1.807) is 16.9 Å². The van der Waals surface area contributed by atoms with Crippen molar-refractivity contribution in [1.29, 1.82) is 0 Å². The highest BCUT2D eigenvalue weighted by molar-refractivity contribution is 5.97. The van der Waals surface area contributed by atoms with E-state index in [4.69, 9.17) is 15.2 Å². The van der Waals surface area contributed by atoms with Gasteiger partial charge in [-0.25, -0.2) is 14.4 Å². The average Bonchev–Trinajstić information content (AvgIpc) is 3.61. The van der Waals surface area contributed by atoms with Gasteiger partial charge in [-0.05, 0) is 55.7 Å². The van der Waals surface area contributed by atoms with Gasteiger partial charge in [-0.3, -0.25) is 9.48 Å². The van der Waals surface area contributed by atoms with Gasteiger partial charge in [0.25, 0.3) is 0 Å². The highest BCUT2D eigenvalue weighted by Crippen LogP contribution is 2.35. The van der Waals surface area contributed by atoms with Gasteiger partial charge in [-0.15, -0.1) is 0 Å². The molecule has 1 atom stereocenters. The van der Waals surface area contributed by atoms with Gasteiger partial charge >= 0.3 is 0 Å². The first kappa shape index (κ1) is 26.8. The molecular formula is C29H33FN8O3. The Hall–Kier alpha value is -4.45. The Morgan fingerprint density at radius 3 is 2.88 bits per heavy atom. The van der Waals surface area contributed by atoms with E-state index >= 15 is 4.39 Å². The van der Waals surface area contributed by atoms with Crippen LogP contribution in [0.25, 0.3) is 16.3 Å². The minimum atomic E-state index is -0.511. The summed E-state index contributed by atoms with van der Waals surface area (Å²) in [7, 11) is 0. The Bertz CT molecular complexity index is 1610. The molecule has 5 heterocycles. The number of carbonyl (C=O) groups is 1. The number of nitrogens with one attached hydrogen (secondary N) is 2. The molecule has 1 amide bonds. The number of aromatic nitrogens is 3. The zero-order chi connectivity index (χ0) is 28.7. The fourth-order valence-electron chi connectivity index (χ4n) is 5.64. The van der Waals surface area contributed by atoms with Gasteiger partial charge < -0.3 is 30.7 Å². The molecule has 4 N–H and O–H groups in total. The third kappa shape index (κ3) is 4.99. The number of carbonyl (C=O) groups excluding carboxylic acids is 1. The monoisotopic (exact) mass is 560 g/mol. The number of anilines is 3. The van der Waals surface area contributed by atoms with Crippen molar-refractivity contribution in [3.8, 4) is 0 Å². The normalized spacial score (nSPS) is 19.8. The number of rotatable bonds is 6. The predicted octanol–water partition coefficient (Wildman–Crippen LogP) is 3.35. The molecule has 0 aliphatic carbocycles. The lowest BCUT2D eigenvalue weighted by atomic mass is 9.96. The summed E-state index contributed by atoms with van der Waals surface area (Å²) in [4.78, 5) is 23.3. The van der Waals surface area contributed by atoms with Gasteiger partial charge in [-0.2, -0.15) is 5.10 Å². The first-order valence-corrected chi connectivity index (χ1v) is 13.7. The first-order valence-electron chi connectivity index (χ1n) is 13.7. The summed E-state index contributed by atoms with van der Waals surface area (Å²) in [5, 5.41) is 12.4. The fourth-order valence-corrected chi connectivity index (χ4v) is 5.64. The number of allylic oxidation sites excluding steroid dienone is 2. The van der Waals surface area contributed by atoms with E-state index in [0.29, 0.717) is 79.1 Å². The van der Waals surface area contributed by atoms with E-state index in [1.165, 1.54) is 0 Å². The summed E-state index contributed by atoms with van der Waals surface area (Å²) in [6, 6.07) is 5.65. The van der Waals surface area contributed by atoms with Crippen molar-refractivity contribution in [3.63, 3.8) is 0 Å². The lowest BCUT2D eigenvalue weighted by molar-refractivity contribution is -0.133. The molecule has 11 nitrogen and oxygen atoms in total. The second kappa shape index (κ2) is 10.8. The molecule has 0 saturated carbocycles. The summed E-state index contributed by atoms with van der Waals surface area (Å²) >= 11 is 0. The van der Waals surface area contributed by atoms with Gasteiger partial charge in [0.2, 0.25) is 11.8 Å². The van der Waals surface area contributed by atoms with E-state index in [9.17, 15) is 4.79 Å². The van der Waals surface area contributed by atoms with Gasteiger partial charge in [0.15, 0.2) is 11.6 Å². The van der Waals surface area contributed by atoms with E-state index in [1.807, 2.05) is 30.9 Å². The van der Waals surface area contributed by atoms with Crippen LogP contribution in [0.15, 0.2) is 46.5 Å². The lowest BCUT2D eigenvalue weighted by Gasteiger charge is -2.26. The van der Waals surface area contributed by atoms with E-state index in [-0.39, 0.29) is 24.2 Å². The van der Waals surface area contributed by atoms with Gasteiger partial charge in [0.1, 0.15) is 24.7 Å². The number of aliphatic imine (C=N–C) groups is 1. The second-order valence-electron chi connectivity index (χ2n) is 10.5. The first-order chi connectivity index (χ1) is 19.8. The number of ether oxygens (including phenoxy) is 2. The van der Waals surface area contributed by atoms with Crippen LogP contribution in [0.1, 0.15) is 31.5 Å². The van der Waals surface area contributed by atoms with Crippen LogP contribution in [0.5, 0.6) is 0 Å². The van der Waals surface area contributed by atoms with E-state index in [0.717, 1.165) is 23.1 Å². The molecule has 0 radical (unpaired) electrons. The SMILES string of the molecule is C=NC1=C(/C(C)=C(\C)c2cc3cc(Nc4cc5n(n4)CC(=O)N(C4CCOC4)CC5)ncc3c(N)c2F)NCCO1. The van der Waals surface area contributed by atoms with Crippen molar-refractivity contribution in [3.05, 3.63) is 58.6 Å². The predicted molar refractivity (Wildman–Crippen MR) is 155 cm³/mol. The number of amides is 1. The van der Waals surface area contributed by atoms with Crippen molar-refractivity contribution in [2.24, 2.45) is 4.99 Å². The maximum atomic E-state index is 15.5. The van der Waals surface area contributed by atoms with Crippen molar-refractivity contribution in [2.45, 2.75) is 39.3 Å². The average molecular weight is 561 g/mol. The third-order valence-electron chi connectivity index (χ3n) is 8.02. The summed E-state index contributed by atoms with van der Waals surface area (Å²) in [5.74, 6) is 1.03. The van der Waals surface area contributed by atoms with Gasteiger partial charge in [0, 0.05) is 55.0 Å². The third-order valence-corrected chi connectivity index (χ3v) is 8.02. The maximum Gasteiger partial charge on any atom is 0.244 e. The fraction of sp³-hybridized carbons (Fsp3) is 0.379. The quantitative estimate of drug-likeness (QED) is 0.309. The van der Waals surface area contributed by atoms with Crippen LogP contribution in [0.4, 0.5) is 21.7 Å². The van der Waals surface area contributed by atoms with E-state index < -0.39 is 5.82 Å². The minimum absolute atomic E-state index is 0.0250. The van der Waals surface area contributed by atoms with Crippen LogP contribution in [0.2, 0.25) is 0 Å². The molecule has 1 saturated heterocycles. The zero-order valence-corrected chi connectivity index (χ0v) is 23.2. The van der Waals surface area contributed by atoms with Crippen molar-refractivity contribution < 1.29 is 18.7 Å². The Balaban J connectivity index is 1.28. The number of nitrogens with two attached hydrogens (primary N) is 1. The van der Waals surface area contributed by atoms with Crippen LogP contribution in [-0.4, -0.2) is 71.2 Å². The van der Waals surface area contributed by atoms with Gasteiger partial charge in [-0.1, -0.05) is 0 Å². The molecular weight excluding hydrogens is 527 g/mol. The summed E-state index contributed by atoms with van der Waals surface area (Å²) in [5.41, 5.74) is 9.76. The molecule has 0 bridgehead atoms. The lowest BCUT2D eigenvalue weighted by Crippen LogP contribution is -2.42. The summed E-state index contributed by atoms with van der Waals surface area (Å²) < 4.78 is 28.3. The molecule has 12 heteroatoms. The van der Waals surface area contributed by atoms with E-state index in [2.05, 4.69) is 32.4 Å². The van der Waals surface area contributed by atoms with Crippen LogP contribution < -0.4 is 16.4 Å². The largest absolute Gasteiger partial charge is 0.474 e. The summed E-state index contributed by atoms with van der Waals surface area (Å²) in [6.45, 7) is 10.5. The zero-order valence-electron chi connectivity index (χ0n) is 23.2. The van der Waals surface area contributed by atoms with Crippen LogP contribution in [-0.2, 0) is 27.2 Å². The van der Waals surface area contributed by atoms with Gasteiger partial charge in [0.05, 0.1) is 18.3 Å². The Morgan fingerprint density at radius 2 is 2.10 bits per heavy atom. The number of hydrogen-bond acceptors (Lipinski definition) is 9. The molecule has 6 rings (SSSR count). The highest BCUT2D eigenvalue weighted by Gasteiger charge is 2.30. The highest BCUT2D eigenvalue weighted by atomic mass is 19.1. The topological polar surface area (TPSA) is 132 Å². The molecule has 0 spiro atoms. The molecule has 3 aromatic rings. The molecule has 1 unspecified atom stereocenters. The standard InChI is InChI=1S/C29H33FN8O3/c1-16(17(2)28-29(32-3)41-9-6-33-28)21-10-18-11-23(34-13-22(18)27(31)26(21)30)35-24-12-19-4-7-37(20-5-8-40-15-20)25(39)14-38(19)36-24/h10-13,20,33H,3-9,14-15,31H2,1-2H3,(H,34,35,36)/b17-16+. The molecule has 1 fully saturated rings. The van der Waals surface area contributed by atoms with Crippen LogP contribution in [0.3, 0.4) is 0 Å². The maximum absolute atomic E-state index is 15.5. The number of benzene rings is 1.